The highest BCUT2D eigenvalue weighted by molar-refractivity contribution is 5.71. The Hall–Kier alpha value is -2.07. The van der Waals surface area contributed by atoms with Crippen LogP contribution in [0.25, 0.3) is 11.1 Å². The fraction of sp³-hybridized carbons (Fsp3) is 0.200. The maximum atomic E-state index is 13.9. The predicted octanol–water partition coefficient (Wildman–Crippen LogP) is 3.22. The Morgan fingerprint density at radius 3 is 2.58 bits per heavy atom. The van der Waals surface area contributed by atoms with Crippen LogP contribution in [0.5, 0.6) is 11.5 Å². The fourth-order valence-electron chi connectivity index (χ4n) is 1.77. The highest BCUT2D eigenvalue weighted by Crippen LogP contribution is 2.32. The lowest BCUT2D eigenvalue weighted by atomic mass is 10.0. The number of para-hydroxylation sites is 1. The first-order chi connectivity index (χ1) is 9.22. The van der Waals surface area contributed by atoms with Crippen LogP contribution in [0.2, 0.25) is 0 Å². The van der Waals surface area contributed by atoms with E-state index in [-0.39, 0.29) is 5.75 Å². The molecule has 0 bridgehead atoms. The topological polar surface area (TPSA) is 38.7 Å². The van der Waals surface area contributed by atoms with Crippen molar-refractivity contribution >= 4 is 0 Å². The molecule has 2 aromatic carbocycles. The molecule has 0 atom stereocenters. The van der Waals surface area contributed by atoms with Gasteiger partial charge >= 0.3 is 0 Å². The van der Waals surface area contributed by atoms with Gasteiger partial charge in [-0.15, -0.1) is 0 Å². The molecule has 0 amide bonds. The Bertz CT molecular complexity index is 555. The smallest absolute Gasteiger partial charge is 0.134 e. The maximum Gasteiger partial charge on any atom is 0.134 e. The van der Waals surface area contributed by atoms with E-state index < -0.39 is 5.82 Å². The summed E-state index contributed by atoms with van der Waals surface area (Å²) in [6.45, 7) is 0.861. The van der Waals surface area contributed by atoms with E-state index in [1.54, 1.807) is 19.2 Å². The number of hydrogen-bond donors (Lipinski definition) is 1. The van der Waals surface area contributed by atoms with Crippen LogP contribution in [0.15, 0.2) is 42.5 Å². The van der Waals surface area contributed by atoms with E-state index in [2.05, 4.69) is 0 Å². The molecule has 0 radical (unpaired) electrons. The summed E-state index contributed by atoms with van der Waals surface area (Å²) in [5, 5.41) is 9.24. The molecule has 0 spiro atoms. The second-order valence-corrected chi connectivity index (χ2v) is 4.00. The second-order valence-electron chi connectivity index (χ2n) is 4.00. The van der Waals surface area contributed by atoms with Crippen LogP contribution < -0.4 is 4.74 Å². The summed E-state index contributed by atoms with van der Waals surface area (Å²) in [6.07, 6.45) is 0. The molecule has 1 N–H and O–H groups in total. The van der Waals surface area contributed by atoms with Crippen LogP contribution in [-0.4, -0.2) is 25.4 Å². The van der Waals surface area contributed by atoms with Crippen molar-refractivity contribution in [3.05, 3.63) is 48.3 Å². The van der Waals surface area contributed by atoms with Crippen LogP contribution in [0.3, 0.4) is 0 Å². The zero-order valence-corrected chi connectivity index (χ0v) is 10.6. The van der Waals surface area contributed by atoms with Gasteiger partial charge in [-0.25, -0.2) is 4.39 Å². The summed E-state index contributed by atoms with van der Waals surface area (Å²) in [7, 11) is 1.59. The van der Waals surface area contributed by atoms with Crippen LogP contribution in [0.1, 0.15) is 0 Å². The minimum absolute atomic E-state index is 0.0981. The summed E-state index contributed by atoms with van der Waals surface area (Å²) in [5.41, 5.74) is 1.04. The number of aromatic hydroxyl groups is 1. The number of methoxy groups -OCH3 is 1. The second kappa shape index (κ2) is 6.20. The minimum Gasteiger partial charge on any atom is -0.508 e. The van der Waals surface area contributed by atoms with Gasteiger partial charge in [-0.2, -0.15) is 0 Å². The van der Waals surface area contributed by atoms with Crippen molar-refractivity contribution in [1.82, 2.24) is 0 Å². The number of phenolic OH excluding ortho intramolecular Hbond substituents is 1. The SMILES string of the molecule is COCCOc1ccccc1-c1ccc(O)cc1F. The van der Waals surface area contributed by atoms with E-state index in [1.807, 2.05) is 12.1 Å². The van der Waals surface area contributed by atoms with Crippen molar-refractivity contribution in [2.24, 2.45) is 0 Å². The van der Waals surface area contributed by atoms with Gasteiger partial charge in [0.1, 0.15) is 23.9 Å². The van der Waals surface area contributed by atoms with Gasteiger partial charge in [0.15, 0.2) is 0 Å². The van der Waals surface area contributed by atoms with Crippen molar-refractivity contribution in [3.63, 3.8) is 0 Å². The number of halogens is 1. The quantitative estimate of drug-likeness (QED) is 0.841. The van der Waals surface area contributed by atoms with Gasteiger partial charge in [-0.05, 0) is 18.2 Å². The Morgan fingerprint density at radius 2 is 1.84 bits per heavy atom. The normalized spacial score (nSPS) is 10.4. The van der Waals surface area contributed by atoms with Crippen molar-refractivity contribution in [3.8, 4) is 22.6 Å². The first-order valence-electron chi connectivity index (χ1n) is 5.92. The van der Waals surface area contributed by atoms with Gasteiger partial charge in [0, 0.05) is 24.3 Å². The molecular weight excluding hydrogens is 247 g/mol. The average molecular weight is 262 g/mol. The summed E-state index contributed by atoms with van der Waals surface area (Å²) < 4.78 is 24.3. The van der Waals surface area contributed by atoms with Gasteiger partial charge in [-0.1, -0.05) is 18.2 Å². The molecule has 0 aromatic heterocycles. The third-order valence-corrected chi connectivity index (χ3v) is 2.67. The predicted molar refractivity (Wildman–Crippen MR) is 70.9 cm³/mol. The molecular formula is C15H15FO3. The Morgan fingerprint density at radius 1 is 1.05 bits per heavy atom. The minimum atomic E-state index is -0.484. The van der Waals surface area contributed by atoms with Gasteiger partial charge in [-0.3, -0.25) is 0 Å². The highest BCUT2D eigenvalue weighted by Gasteiger charge is 2.11. The van der Waals surface area contributed by atoms with E-state index in [0.29, 0.717) is 30.1 Å². The molecule has 0 aliphatic rings. The first-order valence-corrected chi connectivity index (χ1v) is 5.92. The number of rotatable bonds is 5. The lowest BCUT2D eigenvalue weighted by Crippen LogP contribution is -2.05. The monoisotopic (exact) mass is 262 g/mol. The summed E-state index contributed by atoms with van der Waals surface area (Å²) in [5.74, 6) is 0.00552. The van der Waals surface area contributed by atoms with Gasteiger partial charge in [0.05, 0.1) is 6.61 Å². The van der Waals surface area contributed by atoms with Crippen molar-refractivity contribution in [1.29, 1.82) is 0 Å². The Kier molecular flexibility index (Phi) is 4.36. The molecule has 3 nitrogen and oxygen atoms in total. The molecule has 0 saturated carbocycles. The zero-order valence-electron chi connectivity index (χ0n) is 10.6. The molecule has 19 heavy (non-hydrogen) atoms. The van der Waals surface area contributed by atoms with E-state index in [1.165, 1.54) is 12.1 Å². The molecule has 0 fully saturated rings. The molecule has 2 rings (SSSR count). The molecule has 0 aliphatic carbocycles. The van der Waals surface area contributed by atoms with Gasteiger partial charge < -0.3 is 14.6 Å². The third-order valence-electron chi connectivity index (χ3n) is 2.67. The summed E-state index contributed by atoms with van der Waals surface area (Å²) in [6, 6.07) is 11.2. The highest BCUT2D eigenvalue weighted by atomic mass is 19.1. The number of phenols is 1. The summed E-state index contributed by atoms with van der Waals surface area (Å²) >= 11 is 0. The number of ether oxygens (including phenoxy) is 2. The van der Waals surface area contributed by atoms with E-state index in [0.717, 1.165) is 6.07 Å². The van der Waals surface area contributed by atoms with Crippen LogP contribution in [0, 0.1) is 5.82 Å². The molecule has 2 aromatic rings. The molecule has 0 unspecified atom stereocenters. The molecule has 0 aliphatic heterocycles. The van der Waals surface area contributed by atoms with E-state index in [9.17, 15) is 9.50 Å². The molecule has 100 valence electrons. The number of hydrogen-bond acceptors (Lipinski definition) is 3. The summed E-state index contributed by atoms with van der Waals surface area (Å²) in [4.78, 5) is 0. The lowest BCUT2D eigenvalue weighted by molar-refractivity contribution is 0.146. The Balaban J connectivity index is 2.33. The van der Waals surface area contributed by atoms with Crippen molar-refractivity contribution in [2.75, 3.05) is 20.3 Å². The van der Waals surface area contributed by atoms with Crippen molar-refractivity contribution < 1.29 is 19.0 Å². The number of benzene rings is 2. The lowest BCUT2D eigenvalue weighted by Gasteiger charge is -2.12. The van der Waals surface area contributed by atoms with Crippen molar-refractivity contribution in [2.45, 2.75) is 0 Å². The third kappa shape index (κ3) is 3.23. The fourth-order valence-corrected chi connectivity index (χ4v) is 1.77. The standard InChI is InChI=1S/C15H15FO3/c1-18-8-9-19-15-5-3-2-4-13(15)12-7-6-11(17)10-14(12)16/h2-7,10,17H,8-9H2,1H3. The van der Waals surface area contributed by atoms with Gasteiger partial charge in [0.2, 0.25) is 0 Å². The largest absolute Gasteiger partial charge is 0.508 e. The maximum absolute atomic E-state index is 13.9. The average Bonchev–Trinajstić information content (AvgIpc) is 2.40. The Labute approximate surface area is 111 Å². The van der Waals surface area contributed by atoms with E-state index >= 15 is 0 Å². The van der Waals surface area contributed by atoms with Crippen LogP contribution in [0.4, 0.5) is 4.39 Å². The molecule has 4 heteroatoms. The van der Waals surface area contributed by atoms with Gasteiger partial charge in [0.25, 0.3) is 0 Å². The van der Waals surface area contributed by atoms with Crippen LogP contribution in [-0.2, 0) is 4.74 Å². The van der Waals surface area contributed by atoms with E-state index in [4.69, 9.17) is 9.47 Å². The molecule has 0 heterocycles. The van der Waals surface area contributed by atoms with Crippen LogP contribution >= 0.6 is 0 Å². The zero-order chi connectivity index (χ0) is 13.7. The molecule has 0 saturated heterocycles. The first kappa shape index (κ1) is 13.4.